The Morgan fingerprint density at radius 1 is 1.20 bits per heavy atom. The first kappa shape index (κ1) is 19.5. The van der Waals surface area contributed by atoms with Gasteiger partial charge in [0, 0.05) is 32.6 Å². The van der Waals surface area contributed by atoms with Gasteiger partial charge in [0.15, 0.2) is 6.10 Å². The van der Waals surface area contributed by atoms with Crippen molar-refractivity contribution in [2.75, 3.05) is 39.3 Å². The van der Waals surface area contributed by atoms with Gasteiger partial charge in [0.2, 0.25) is 5.91 Å². The molecule has 0 aromatic heterocycles. The van der Waals surface area contributed by atoms with E-state index in [0.717, 1.165) is 12.8 Å². The van der Waals surface area contributed by atoms with E-state index < -0.39 is 12.1 Å². The third-order valence-electron chi connectivity index (χ3n) is 4.63. The molecule has 0 spiro atoms. The number of carbonyl (C=O) groups excluding carboxylic acids is 2. The maximum absolute atomic E-state index is 12.5. The predicted molar refractivity (Wildman–Crippen MR) is 91.1 cm³/mol. The molecule has 0 aromatic rings. The number of ether oxygens (including phenoxy) is 1. The molecule has 8 nitrogen and oxygen atoms in total. The number of hydrogen-bond acceptors (Lipinski definition) is 4. The van der Waals surface area contributed by atoms with Crippen LogP contribution in [0.4, 0.5) is 4.79 Å². The molecule has 0 aromatic carbocycles. The lowest BCUT2D eigenvalue weighted by Gasteiger charge is -2.35. The molecule has 25 heavy (non-hydrogen) atoms. The Balaban J connectivity index is 1.82. The van der Waals surface area contributed by atoms with Crippen LogP contribution >= 0.6 is 0 Å². The summed E-state index contributed by atoms with van der Waals surface area (Å²) in [6.45, 7) is 6.79. The number of aliphatic carboxylic acids is 1. The zero-order valence-corrected chi connectivity index (χ0v) is 15.1. The molecule has 2 saturated heterocycles. The van der Waals surface area contributed by atoms with Crippen LogP contribution in [0.5, 0.6) is 0 Å². The summed E-state index contributed by atoms with van der Waals surface area (Å²) in [5.74, 6) is -0.570. The molecular formula is C17H29N3O5. The topological polar surface area (TPSA) is 99.2 Å². The van der Waals surface area contributed by atoms with E-state index in [9.17, 15) is 14.4 Å². The highest BCUT2D eigenvalue weighted by atomic mass is 16.5. The van der Waals surface area contributed by atoms with Gasteiger partial charge in [-0.15, -0.1) is 0 Å². The molecule has 2 fully saturated rings. The van der Waals surface area contributed by atoms with Gasteiger partial charge in [0.05, 0.1) is 13.2 Å². The predicted octanol–water partition coefficient (Wildman–Crippen LogP) is 0.766. The van der Waals surface area contributed by atoms with Gasteiger partial charge in [-0.2, -0.15) is 0 Å². The lowest BCUT2D eigenvalue weighted by molar-refractivity contribution is -0.159. The Morgan fingerprint density at radius 2 is 1.96 bits per heavy atom. The quantitative estimate of drug-likeness (QED) is 0.759. The highest BCUT2D eigenvalue weighted by Gasteiger charge is 2.31. The number of carboxylic acid groups (broad SMARTS) is 1. The van der Waals surface area contributed by atoms with E-state index in [1.54, 1.807) is 9.80 Å². The number of nitrogens with zero attached hydrogens (tertiary/aromatic N) is 2. The molecule has 0 saturated carbocycles. The van der Waals surface area contributed by atoms with E-state index in [2.05, 4.69) is 5.32 Å². The van der Waals surface area contributed by atoms with Gasteiger partial charge in [-0.25, -0.2) is 9.59 Å². The number of rotatable bonds is 5. The summed E-state index contributed by atoms with van der Waals surface area (Å²) < 4.78 is 5.15. The fourth-order valence-corrected chi connectivity index (χ4v) is 3.22. The number of piperidine rings is 1. The van der Waals surface area contributed by atoms with Gasteiger partial charge in [-0.05, 0) is 24.7 Å². The van der Waals surface area contributed by atoms with Gasteiger partial charge in [-0.3, -0.25) is 4.79 Å². The summed E-state index contributed by atoms with van der Waals surface area (Å²) in [5, 5.41) is 11.9. The highest BCUT2D eigenvalue weighted by molar-refractivity contribution is 5.79. The van der Waals surface area contributed by atoms with Crippen LogP contribution < -0.4 is 5.32 Å². The molecular weight excluding hydrogens is 326 g/mol. The molecule has 3 amide bonds. The van der Waals surface area contributed by atoms with Crippen molar-refractivity contribution in [3.8, 4) is 0 Å². The molecule has 2 rings (SSSR count). The zero-order chi connectivity index (χ0) is 18.4. The van der Waals surface area contributed by atoms with Gasteiger partial charge in [0.1, 0.15) is 0 Å². The molecule has 2 unspecified atom stereocenters. The molecule has 0 bridgehead atoms. The standard InChI is InChI=1S/C17H29N3O5/c1-12(2)9-18-17(24)20-5-3-4-13(10-20)8-15(21)19-6-7-25-14(11-19)16(22)23/h12-14H,3-11H2,1-2H3,(H,18,24)(H,22,23). The van der Waals surface area contributed by atoms with Gasteiger partial charge < -0.3 is 25.0 Å². The molecule has 8 heteroatoms. The Labute approximate surface area is 148 Å². The lowest BCUT2D eigenvalue weighted by atomic mass is 9.94. The van der Waals surface area contributed by atoms with Crippen LogP contribution in [0.25, 0.3) is 0 Å². The average molecular weight is 355 g/mol. The van der Waals surface area contributed by atoms with Crippen LogP contribution in [0.15, 0.2) is 0 Å². The Bertz CT molecular complexity index is 497. The van der Waals surface area contributed by atoms with Crippen LogP contribution in [0.1, 0.15) is 33.1 Å². The molecule has 0 radical (unpaired) electrons. The Morgan fingerprint density at radius 3 is 2.64 bits per heavy atom. The normalized spacial score (nSPS) is 24.3. The summed E-state index contributed by atoms with van der Waals surface area (Å²) in [6, 6.07) is -0.0665. The number of nitrogens with one attached hydrogen (secondary N) is 1. The van der Waals surface area contributed by atoms with Crippen LogP contribution in [-0.4, -0.2) is 78.2 Å². The van der Waals surface area contributed by atoms with Crippen LogP contribution in [-0.2, 0) is 14.3 Å². The second-order valence-corrected chi connectivity index (χ2v) is 7.28. The first-order valence-corrected chi connectivity index (χ1v) is 9.01. The first-order valence-electron chi connectivity index (χ1n) is 9.01. The second-order valence-electron chi connectivity index (χ2n) is 7.28. The van der Waals surface area contributed by atoms with E-state index in [-0.39, 0.29) is 31.0 Å². The molecule has 2 heterocycles. The van der Waals surface area contributed by atoms with Crippen molar-refractivity contribution in [1.29, 1.82) is 0 Å². The van der Waals surface area contributed by atoms with E-state index in [4.69, 9.17) is 9.84 Å². The number of carboxylic acids is 1. The van der Waals surface area contributed by atoms with Crippen molar-refractivity contribution < 1.29 is 24.2 Å². The van der Waals surface area contributed by atoms with E-state index in [1.807, 2.05) is 13.8 Å². The average Bonchev–Trinajstić information content (AvgIpc) is 2.59. The van der Waals surface area contributed by atoms with E-state index in [1.165, 1.54) is 0 Å². The van der Waals surface area contributed by atoms with Gasteiger partial charge in [-0.1, -0.05) is 13.8 Å². The Kier molecular flexibility index (Phi) is 7.04. The summed E-state index contributed by atoms with van der Waals surface area (Å²) in [5.41, 5.74) is 0. The SMILES string of the molecule is CC(C)CNC(=O)N1CCCC(CC(=O)N2CCOC(C(=O)O)C2)C1. The molecule has 2 aliphatic heterocycles. The van der Waals surface area contributed by atoms with Gasteiger partial charge >= 0.3 is 12.0 Å². The molecule has 0 aliphatic carbocycles. The van der Waals surface area contributed by atoms with Crippen molar-refractivity contribution in [2.24, 2.45) is 11.8 Å². The number of carbonyl (C=O) groups is 3. The fraction of sp³-hybridized carbons (Fsp3) is 0.824. The number of hydrogen-bond donors (Lipinski definition) is 2. The summed E-state index contributed by atoms with van der Waals surface area (Å²) in [4.78, 5) is 39.1. The highest BCUT2D eigenvalue weighted by Crippen LogP contribution is 2.21. The van der Waals surface area contributed by atoms with Crippen molar-refractivity contribution in [3.05, 3.63) is 0 Å². The minimum absolute atomic E-state index is 0.0519. The second kappa shape index (κ2) is 9.03. The smallest absolute Gasteiger partial charge is 0.334 e. The van der Waals surface area contributed by atoms with Crippen molar-refractivity contribution in [1.82, 2.24) is 15.1 Å². The lowest BCUT2D eigenvalue weighted by Crippen LogP contribution is -2.50. The van der Waals surface area contributed by atoms with Crippen LogP contribution in [0.3, 0.4) is 0 Å². The van der Waals surface area contributed by atoms with Crippen LogP contribution in [0, 0.1) is 11.8 Å². The number of amides is 3. The zero-order valence-electron chi connectivity index (χ0n) is 15.1. The monoisotopic (exact) mass is 355 g/mol. The van der Waals surface area contributed by atoms with Gasteiger partial charge in [0.25, 0.3) is 0 Å². The minimum Gasteiger partial charge on any atom is -0.479 e. The largest absolute Gasteiger partial charge is 0.479 e. The summed E-state index contributed by atoms with van der Waals surface area (Å²) in [6.07, 6.45) is 1.20. The van der Waals surface area contributed by atoms with E-state index >= 15 is 0 Å². The molecule has 2 aliphatic rings. The maximum Gasteiger partial charge on any atom is 0.334 e. The summed E-state index contributed by atoms with van der Waals surface area (Å²) >= 11 is 0. The summed E-state index contributed by atoms with van der Waals surface area (Å²) in [7, 11) is 0. The van der Waals surface area contributed by atoms with Crippen molar-refractivity contribution in [2.45, 2.75) is 39.2 Å². The van der Waals surface area contributed by atoms with Crippen LogP contribution in [0.2, 0.25) is 0 Å². The maximum atomic E-state index is 12.5. The number of morpholine rings is 1. The first-order chi connectivity index (χ1) is 11.9. The number of urea groups is 1. The molecule has 142 valence electrons. The third-order valence-corrected chi connectivity index (χ3v) is 4.63. The third kappa shape index (κ3) is 5.88. The van der Waals surface area contributed by atoms with E-state index in [0.29, 0.717) is 38.5 Å². The Hall–Kier alpha value is -1.83. The fourth-order valence-electron chi connectivity index (χ4n) is 3.22. The molecule has 2 N–H and O–H groups in total. The number of likely N-dealkylation sites (tertiary alicyclic amines) is 1. The van der Waals surface area contributed by atoms with Crippen molar-refractivity contribution in [3.63, 3.8) is 0 Å². The minimum atomic E-state index is -1.04. The molecule has 2 atom stereocenters. The van der Waals surface area contributed by atoms with Crippen molar-refractivity contribution >= 4 is 17.9 Å².